The van der Waals surface area contributed by atoms with Gasteiger partial charge in [-0.25, -0.2) is 0 Å². The molecule has 0 radical (unpaired) electrons. The lowest BCUT2D eigenvalue weighted by Crippen LogP contribution is -2.12. The number of hydrogen-bond donors (Lipinski definition) is 0. The number of hydrogen-bond acceptors (Lipinski definition) is 2. The Morgan fingerprint density at radius 2 is 1.12 bits per heavy atom. The Morgan fingerprint density at radius 1 is 0.692 bits per heavy atom. The van der Waals surface area contributed by atoms with Crippen LogP contribution < -0.4 is 9.47 Å². The van der Waals surface area contributed by atoms with Crippen molar-refractivity contribution in [1.29, 1.82) is 0 Å². The standard InChI is InChI=1S/C24H34O2/c1-5-7-15-23(19-11-9-13-21(17-19)25-3)24(16-8-6-2)20-12-10-14-22(18-20)26-4/h9-14,17-18,23-24H,5-8,15-16H2,1-4H3. The lowest BCUT2D eigenvalue weighted by Gasteiger charge is -2.29. The molecule has 26 heavy (non-hydrogen) atoms. The van der Waals surface area contributed by atoms with Crippen LogP contribution in [0.5, 0.6) is 11.5 Å². The Bertz CT molecular complexity index is 593. The van der Waals surface area contributed by atoms with Gasteiger partial charge in [-0.1, -0.05) is 63.8 Å². The predicted octanol–water partition coefficient (Wildman–Crippen LogP) is 6.95. The summed E-state index contributed by atoms with van der Waals surface area (Å²) >= 11 is 0. The SMILES string of the molecule is CCCCC(c1cccc(OC)c1)C(CCCC)c1cccc(OC)c1. The first-order valence-electron chi connectivity index (χ1n) is 10.0. The Labute approximate surface area is 159 Å². The van der Waals surface area contributed by atoms with Crippen molar-refractivity contribution in [2.75, 3.05) is 14.2 Å². The molecule has 0 fully saturated rings. The van der Waals surface area contributed by atoms with Gasteiger partial charge in [-0.2, -0.15) is 0 Å². The summed E-state index contributed by atoms with van der Waals surface area (Å²) in [6.07, 6.45) is 7.34. The second kappa shape index (κ2) is 10.9. The lowest BCUT2D eigenvalue weighted by atomic mass is 9.76. The Morgan fingerprint density at radius 3 is 1.46 bits per heavy atom. The van der Waals surface area contributed by atoms with E-state index in [1.54, 1.807) is 14.2 Å². The molecule has 2 aromatic rings. The van der Waals surface area contributed by atoms with E-state index in [0.717, 1.165) is 11.5 Å². The third-order valence-electron chi connectivity index (χ3n) is 5.27. The molecule has 0 heterocycles. The Kier molecular flexibility index (Phi) is 8.53. The fourth-order valence-corrected chi connectivity index (χ4v) is 3.79. The maximum atomic E-state index is 5.49. The first-order chi connectivity index (χ1) is 12.7. The highest BCUT2D eigenvalue weighted by Crippen LogP contribution is 2.41. The van der Waals surface area contributed by atoms with E-state index in [0.29, 0.717) is 11.8 Å². The van der Waals surface area contributed by atoms with Crippen LogP contribution in [0.15, 0.2) is 48.5 Å². The molecular formula is C24H34O2. The van der Waals surface area contributed by atoms with E-state index in [1.165, 1.54) is 49.7 Å². The first-order valence-corrected chi connectivity index (χ1v) is 10.0. The monoisotopic (exact) mass is 354 g/mol. The summed E-state index contributed by atoms with van der Waals surface area (Å²) in [6, 6.07) is 17.3. The van der Waals surface area contributed by atoms with Crippen molar-refractivity contribution in [2.24, 2.45) is 0 Å². The van der Waals surface area contributed by atoms with Gasteiger partial charge in [0.1, 0.15) is 11.5 Å². The fraction of sp³-hybridized carbons (Fsp3) is 0.500. The van der Waals surface area contributed by atoms with Crippen LogP contribution in [0.25, 0.3) is 0 Å². The molecule has 0 spiro atoms. The zero-order valence-electron chi connectivity index (χ0n) is 16.8. The molecule has 0 aliphatic carbocycles. The molecular weight excluding hydrogens is 320 g/mol. The van der Waals surface area contributed by atoms with Crippen LogP contribution in [-0.2, 0) is 0 Å². The molecule has 0 aliphatic heterocycles. The molecule has 0 bridgehead atoms. The molecule has 2 atom stereocenters. The number of ether oxygens (including phenoxy) is 2. The van der Waals surface area contributed by atoms with Crippen LogP contribution in [0.1, 0.15) is 75.3 Å². The smallest absolute Gasteiger partial charge is 0.119 e. The molecule has 2 aromatic carbocycles. The third kappa shape index (κ3) is 5.52. The van der Waals surface area contributed by atoms with Crippen molar-refractivity contribution in [1.82, 2.24) is 0 Å². The second-order valence-corrected chi connectivity index (χ2v) is 7.05. The highest BCUT2D eigenvalue weighted by Gasteiger charge is 2.25. The predicted molar refractivity (Wildman–Crippen MR) is 111 cm³/mol. The summed E-state index contributed by atoms with van der Waals surface area (Å²) < 4.78 is 11.0. The largest absolute Gasteiger partial charge is 0.497 e. The van der Waals surface area contributed by atoms with Gasteiger partial charge in [0.15, 0.2) is 0 Å². The van der Waals surface area contributed by atoms with Crippen molar-refractivity contribution >= 4 is 0 Å². The molecule has 0 N–H and O–H groups in total. The molecule has 2 heteroatoms. The van der Waals surface area contributed by atoms with Gasteiger partial charge in [0.2, 0.25) is 0 Å². The average molecular weight is 355 g/mol. The Hall–Kier alpha value is -1.96. The summed E-state index contributed by atoms with van der Waals surface area (Å²) in [5.41, 5.74) is 2.78. The van der Waals surface area contributed by atoms with Crippen molar-refractivity contribution in [3.8, 4) is 11.5 Å². The lowest BCUT2D eigenvalue weighted by molar-refractivity contribution is 0.406. The van der Waals surface area contributed by atoms with Gasteiger partial charge < -0.3 is 9.47 Å². The van der Waals surface area contributed by atoms with E-state index in [2.05, 4.69) is 50.2 Å². The quantitative estimate of drug-likeness (QED) is 0.434. The molecule has 0 aromatic heterocycles. The Balaban J connectivity index is 2.42. The van der Waals surface area contributed by atoms with Gasteiger partial charge >= 0.3 is 0 Å². The van der Waals surface area contributed by atoms with Crippen LogP contribution in [-0.4, -0.2) is 14.2 Å². The maximum Gasteiger partial charge on any atom is 0.119 e. The molecule has 142 valence electrons. The minimum Gasteiger partial charge on any atom is -0.497 e. The fourth-order valence-electron chi connectivity index (χ4n) is 3.79. The summed E-state index contributed by atoms with van der Waals surface area (Å²) in [5.74, 6) is 2.90. The van der Waals surface area contributed by atoms with E-state index < -0.39 is 0 Å². The zero-order chi connectivity index (χ0) is 18.8. The number of benzene rings is 2. The topological polar surface area (TPSA) is 18.5 Å². The van der Waals surface area contributed by atoms with E-state index >= 15 is 0 Å². The number of methoxy groups -OCH3 is 2. The van der Waals surface area contributed by atoms with E-state index in [-0.39, 0.29) is 0 Å². The highest BCUT2D eigenvalue weighted by molar-refractivity contribution is 5.37. The van der Waals surface area contributed by atoms with E-state index in [1.807, 2.05) is 12.1 Å². The zero-order valence-corrected chi connectivity index (χ0v) is 16.8. The molecule has 2 unspecified atom stereocenters. The normalized spacial score (nSPS) is 13.2. The van der Waals surface area contributed by atoms with Crippen molar-refractivity contribution in [3.05, 3.63) is 59.7 Å². The van der Waals surface area contributed by atoms with Gasteiger partial charge in [0.25, 0.3) is 0 Å². The summed E-state index contributed by atoms with van der Waals surface area (Å²) in [6.45, 7) is 4.55. The van der Waals surface area contributed by atoms with E-state index in [9.17, 15) is 0 Å². The van der Waals surface area contributed by atoms with Crippen LogP contribution in [0.2, 0.25) is 0 Å². The first kappa shape index (κ1) is 20.4. The maximum absolute atomic E-state index is 5.49. The minimum absolute atomic E-state index is 0.503. The number of rotatable bonds is 11. The summed E-state index contributed by atoms with van der Waals surface area (Å²) in [7, 11) is 3.49. The summed E-state index contributed by atoms with van der Waals surface area (Å²) in [4.78, 5) is 0. The van der Waals surface area contributed by atoms with Gasteiger partial charge in [-0.15, -0.1) is 0 Å². The van der Waals surface area contributed by atoms with E-state index in [4.69, 9.17) is 9.47 Å². The average Bonchev–Trinajstić information content (AvgIpc) is 2.70. The third-order valence-corrected chi connectivity index (χ3v) is 5.27. The van der Waals surface area contributed by atoms with Gasteiger partial charge in [-0.05, 0) is 60.1 Å². The highest BCUT2D eigenvalue weighted by atomic mass is 16.5. The minimum atomic E-state index is 0.503. The molecule has 0 saturated heterocycles. The van der Waals surface area contributed by atoms with Crippen LogP contribution >= 0.6 is 0 Å². The second-order valence-electron chi connectivity index (χ2n) is 7.05. The van der Waals surface area contributed by atoms with Gasteiger partial charge in [0, 0.05) is 0 Å². The van der Waals surface area contributed by atoms with Crippen LogP contribution in [0.3, 0.4) is 0 Å². The van der Waals surface area contributed by atoms with Crippen LogP contribution in [0, 0.1) is 0 Å². The molecule has 2 rings (SSSR count). The van der Waals surface area contributed by atoms with Crippen molar-refractivity contribution in [3.63, 3.8) is 0 Å². The van der Waals surface area contributed by atoms with Crippen LogP contribution in [0.4, 0.5) is 0 Å². The summed E-state index contributed by atoms with van der Waals surface area (Å²) in [5, 5.41) is 0. The van der Waals surface area contributed by atoms with Gasteiger partial charge in [0.05, 0.1) is 14.2 Å². The molecule has 0 saturated carbocycles. The van der Waals surface area contributed by atoms with Crippen molar-refractivity contribution < 1.29 is 9.47 Å². The molecule has 0 amide bonds. The number of unbranched alkanes of at least 4 members (excludes halogenated alkanes) is 2. The molecule has 0 aliphatic rings. The molecule has 2 nitrogen and oxygen atoms in total. The van der Waals surface area contributed by atoms with Gasteiger partial charge in [-0.3, -0.25) is 0 Å². The van der Waals surface area contributed by atoms with Crippen molar-refractivity contribution in [2.45, 2.75) is 64.2 Å².